The molecule has 130 valence electrons. The molecule has 2 aliphatic rings. The van der Waals surface area contributed by atoms with Crippen LogP contribution in [-0.4, -0.2) is 42.1 Å². The highest BCUT2D eigenvalue weighted by Crippen LogP contribution is 2.44. The van der Waals surface area contributed by atoms with E-state index in [0.29, 0.717) is 11.5 Å². The third kappa shape index (κ3) is 2.44. The molecule has 25 heavy (non-hydrogen) atoms. The predicted octanol–water partition coefficient (Wildman–Crippen LogP) is 1.68. The average Bonchev–Trinajstić information content (AvgIpc) is 3.06. The first-order valence-corrected chi connectivity index (χ1v) is 7.70. The minimum Gasteiger partial charge on any atom is -0.504 e. The number of ether oxygens (including phenoxy) is 4. The molecule has 7 nitrogen and oxygen atoms in total. The Morgan fingerprint density at radius 2 is 1.96 bits per heavy atom. The Labute approximate surface area is 143 Å². The molecule has 2 aromatic carbocycles. The van der Waals surface area contributed by atoms with Gasteiger partial charge in [-0.25, -0.2) is 0 Å². The van der Waals surface area contributed by atoms with E-state index < -0.39 is 11.4 Å². The van der Waals surface area contributed by atoms with Gasteiger partial charge >= 0.3 is 0 Å². The number of rotatable bonds is 3. The lowest BCUT2D eigenvalue weighted by Gasteiger charge is -2.32. The van der Waals surface area contributed by atoms with Gasteiger partial charge in [0.1, 0.15) is 6.61 Å². The van der Waals surface area contributed by atoms with Crippen LogP contribution in [0.25, 0.3) is 0 Å². The van der Waals surface area contributed by atoms with Crippen molar-refractivity contribution in [3.63, 3.8) is 0 Å². The summed E-state index contributed by atoms with van der Waals surface area (Å²) in [6.07, 6.45) is 0.0606. The number of fused-ring (bicyclic) bond motifs is 2. The zero-order valence-corrected chi connectivity index (χ0v) is 13.4. The number of hydrogen-bond acceptors (Lipinski definition) is 7. The summed E-state index contributed by atoms with van der Waals surface area (Å²) in [5.41, 5.74) is -0.829. The Balaban J connectivity index is 1.66. The Morgan fingerprint density at radius 3 is 2.76 bits per heavy atom. The van der Waals surface area contributed by atoms with E-state index >= 15 is 0 Å². The van der Waals surface area contributed by atoms with Gasteiger partial charge in [0.15, 0.2) is 28.6 Å². The van der Waals surface area contributed by atoms with Gasteiger partial charge in [-0.2, -0.15) is 0 Å². The van der Waals surface area contributed by atoms with Gasteiger partial charge in [-0.15, -0.1) is 0 Å². The standard InChI is InChI=1S/C18H16O7/c1-22-16-12(19)4-3-11-15(16)23-8-18(21,17(11)20)7-10-2-5-13-14(6-10)25-9-24-13/h2-6,19,21H,7-9H2,1H3/t18-/m1/s1. The van der Waals surface area contributed by atoms with Crippen molar-refractivity contribution in [2.45, 2.75) is 12.0 Å². The van der Waals surface area contributed by atoms with Crippen LogP contribution >= 0.6 is 0 Å². The van der Waals surface area contributed by atoms with E-state index in [9.17, 15) is 15.0 Å². The number of Topliss-reactive ketones (excluding diaryl/α,β-unsaturated/α-hetero) is 1. The smallest absolute Gasteiger partial charge is 0.231 e. The van der Waals surface area contributed by atoms with Crippen molar-refractivity contribution < 1.29 is 34.0 Å². The summed E-state index contributed by atoms with van der Waals surface area (Å²) in [5, 5.41) is 20.7. The fourth-order valence-electron chi connectivity index (χ4n) is 3.10. The second-order valence-electron chi connectivity index (χ2n) is 6.01. The molecule has 0 aromatic heterocycles. The van der Waals surface area contributed by atoms with Crippen molar-refractivity contribution in [2.24, 2.45) is 0 Å². The van der Waals surface area contributed by atoms with E-state index in [1.165, 1.54) is 19.2 Å². The van der Waals surface area contributed by atoms with E-state index in [0.717, 1.165) is 5.56 Å². The normalized spacial score (nSPS) is 20.8. The summed E-state index contributed by atoms with van der Waals surface area (Å²) in [4.78, 5) is 12.8. The Kier molecular flexibility index (Phi) is 3.47. The second-order valence-corrected chi connectivity index (χ2v) is 6.01. The molecule has 1 atom stereocenters. The molecule has 2 N–H and O–H groups in total. The highest BCUT2D eigenvalue weighted by Gasteiger charge is 2.44. The molecule has 0 spiro atoms. The predicted molar refractivity (Wildman–Crippen MR) is 85.7 cm³/mol. The number of hydrogen-bond donors (Lipinski definition) is 2. The monoisotopic (exact) mass is 344 g/mol. The van der Waals surface area contributed by atoms with Crippen LogP contribution in [0.1, 0.15) is 15.9 Å². The van der Waals surface area contributed by atoms with E-state index in [-0.39, 0.29) is 42.6 Å². The minimum absolute atomic E-state index is 0.0606. The number of aliphatic hydroxyl groups is 1. The molecule has 0 amide bonds. The van der Waals surface area contributed by atoms with Crippen molar-refractivity contribution in [3.05, 3.63) is 41.5 Å². The highest BCUT2D eigenvalue weighted by atomic mass is 16.7. The molecule has 2 heterocycles. The lowest BCUT2D eigenvalue weighted by atomic mass is 9.85. The number of aromatic hydroxyl groups is 1. The number of methoxy groups -OCH3 is 1. The van der Waals surface area contributed by atoms with Crippen LogP contribution in [0.5, 0.6) is 28.7 Å². The van der Waals surface area contributed by atoms with Crippen molar-refractivity contribution in [1.82, 2.24) is 0 Å². The molecule has 0 saturated carbocycles. The van der Waals surface area contributed by atoms with Crippen molar-refractivity contribution >= 4 is 5.78 Å². The first-order chi connectivity index (χ1) is 12.0. The molecule has 7 heteroatoms. The van der Waals surface area contributed by atoms with Crippen LogP contribution in [0.2, 0.25) is 0 Å². The fourth-order valence-corrected chi connectivity index (χ4v) is 3.10. The number of phenolic OH excluding ortho intramolecular Hbond substituents is 1. The fraction of sp³-hybridized carbons (Fsp3) is 0.278. The lowest BCUT2D eigenvalue weighted by molar-refractivity contribution is -0.00274. The Hall–Kier alpha value is -2.93. The molecule has 2 aliphatic heterocycles. The largest absolute Gasteiger partial charge is 0.504 e. The molecule has 2 aromatic rings. The maximum Gasteiger partial charge on any atom is 0.231 e. The first kappa shape index (κ1) is 15.6. The number of ketones is 1. The lowest BCUT2D eigenvalue weighted by Crippen LogP contribution is -2.49. The SMILES string of the molecule is COc1c(O)ccc2c1OC[C@](O)(Cc1ccc3c(c1)OCO3)C2=O. The molecular weight excluding hydrogens is 328 g/mol. The minimum atomic E-state index is -1.72. The Morgan fingerprint density at radius 1 is 1.16 bits per heavy atom. The quantitative estimate of drug-likeness (QED) is 0.875. The highest BCUT2D eigenvalue weighted by molar-refractivity contribution is 6.06. The first-order valence-electron chi connectivity index (χ1n) is 7.70. The number of carbonyl (C=O) groups is 1. The third-order valence-corrected chi connectivity index (χ3v) is 4.35. The molecule has 0 aliphatic carbocycles. The maximum atomic E-state index is 12.8. The van der Waals surface area contributed by atoms with Gasteiger partial charge in [0.2, 0.25) is 18.3 Å². The summed E-state index contributed by atoms with van der Waals surface area (Å²) >= 11 is 0. The van der Waals surface area contributed by atoms with Gasteiger partial charge in [0, 0.05) is 6.42 Å². The number of carbonyl (C=O) groups excluding carboxylic acids is 1. The van der Waals surface area contributed by atoms with E-state index in [1.54, 1.807) is 18.2 Å². The zero-order valence-electron chi connectivity index (χ0n) is 13.4. The molecule has 0 radical (unpaired) electrons. The van der Waals surface area contributed by atoms with Gasteiger partial charge in [0.05, 0.1) is 12.7 Å². The molecule has 4 rings (SSSR count). The summed E-state index contributed by atoms with van der Waals surface area (Å²) in [6.45, 7) is -0.0884. The average molecular weight is 344 g/mol. The molecule has 0 fully saturated rings. The van der Waals surface area contributed by atoms with Crippen molar-refractivity contribution in [1.29, 1.82) is 0 Å². The number of benzene rings is 2. The van der Waals surface area contributed by atoms with Gasteiger partial charge in [0.25, 0.3) is 0 Å². The Bertz CT molecular complexity index is 861. The van der Waals surface area contributed by atoms with Crippen LogP contribution < -0.4 is 18.9 Å². The van der Waals surface area contributed by atoms with E-state index in [4.69, 9.17) is 18.9 Å². The molecule has 0 unspecified atom stereocenters. The van der Waals surface area contributed by atoms with Gasteiger partial charge in [-0.3, -0.25) is 4.79 Å². The van der Waals surface area contributed by atoms with Crippen LogP contribution in [0.4, 0.5) is 0 Å². The maximum absolute atomic E-state index is 12.8. The second kappa shape index (κ2) is 5.56. The zero-order chi connectivity index (χ0) is 17.6. The topological polar surface area (TPSA) is 94.5 Å². The molecule has 0 bridgehead atoms. The van der Waals surface area contributed by atoms with Crippen LogP contribution in [0, 0.1) is 0 Å². The van der Waals surface area contributed by atoms with E-state index in [1.807, 2.05) is 0 Å². The van der Waals surface area contributed by atoms with Crippen LogP contribution in [-0.2, 0) is 6.42 Å². The summed E-state index contributed by atoms with van der Waals surface area (Å²) in [5.74, 6) is 0.823. The van der Waals surface area contributed by atoms with Gasteiger partial charge in [-0.1, -0.05) is 6.07 Å². The van der Waals surface area contributed by atoms with Crippen molar-refractivity contribution in [3.8, 4) is 28.7 Å². The van der Waals surface area contributed by atoms with Gasteiger partial charge in [-0.05, 0) is 29.8 Å². The summed E-state index contributed by atoms with van der Waals surface area (Å²) in [7, 11) is 1.37. The molecular formula is C18H16O7. The summed E-state index contributed by atoms with van der Waals surface area (Å²) in [6, 6.07) is 8.00. The van der Waals surface area contributed by atoms with Crippen LogP contribution in [0.3, 0.4) is 0 Å². The van der Waals surface area contributed by atoms with Crippen LogP contribution in [0.15, 0.2) is 30.3 Å². The van der Waals surface area contributed by atoms with Gasteiger partial charge < -0.3 is 29.2 Å². The number of phenols is 1. The van der Waals surface area contributed by atoms with E-state index in [2.05, 4.69) is 0 Å². The van der Waals surface area contributed by atoms with Crippen molar-refractivity contribution in [2.75, 3.05) is 20.5 Å². The summed E-state index contributed by atoms with van der Waals surface area (Å²) < 4.78 is 21.2. The molecule has 0 saturated heterocycles. The third-order valence-electron chi connectivity index (χ3n) is 4.35.